The Morgan fingerprint density at radius 1 is 1.11 bits per heavy atom. The fourth-order valence-corrected chi connectivity index (χ4v) is 6.42. The van der Waals surface area contributed by atoms with Crippen LogP contribution in [0.1, 0.15) is 64.2 Å². The van der Waals surface area contributed by atoms with E-state index in [1.165, 1.54) is 13.2 Å². The Morgan fingerprint density at radius 2 is 1.95 bits per heavy atom. The van der Waals surface area contributed by atoms with E-state index in [2.05, 4.69) is 15.5 Å². The Bertz CT molecular complexity index is 1750. The minimum atomic E-state index is -0.594. The number of imidazole rings is 1. The van der Waals surface area contributed by atoms with Crippen LogP contribution in [0.4, 0.5) is 4.39 Å². The SMILES string of the molecule is COC(=O)c1ccc2nc(CN3CCC(c4cccc5c4O[C@@H](c4ccc(C#N)cc4F)CO5)CC3)n(C[C@@H]3CCO3)c2c1. The molecule has 3 aromatic carbocycles. The Balaban J connectivity index is 1.07. The van der Waals surface area contributed by atoms with Gasteiger partial charge in [0, 0.05) is 17.7 Å². The van der Waals surface area contributed by atoms with Crippen LogP contribution in [0.2, 0.25) is 0 Å². The number of piperidine rings is 1. The van der Waals surface area contributed by atoms with Crippen LogP contribution < -0.4 is 9.47 Å². The first kappa shape index (κ1) is 28.3. The van der Waals surface area contributed by atoms with Crippen molar-refractivity contribution in [1.82, 2.24) is 14.5 Å². The van der Waals surface area contributed by atoms with E-state index in [4.69, 9.17) is 29.2 Å². The molecule has 2 saturated heterocycles. The molecule has 10 heteroatoms. The predicted octanol–water partition coefficient (Wildman–Crippen LogP) is 5.51. The second-order valence-corrected chi connectivity index (χ2v) is 11.6. The largest absolute Gasteiger partial charge is 0.485 e. The van der Waals surface area contributed by atoms with Gasteiger partial charge >= 0.3 is 5.97 Å². The molecule has 0 saturated carbocycles. The van der Waals surface area contributed by atoms with Crippen molar-refractivity contribution < 1.29 is 28.1 Å². The van der Waals surface area contributed by atoms with Gasteiger partial charge in [-0.15, -0.1) is 0 Å². The second-order valence-electron chi connectivity index (χ2n) is 11.6. The standard InChI is InChI=1S/C34H33FN4O5/c1-41-34(40)23-6-8-28-29(16-23)39(18-24-11-14-42-24)32(37-28)19-38-12-9-22(10-13-38)25-3-2-4-30-33(25)44-31(20-43-30)26-7-5-21(17-36)15-27(26)35/h2-8,15-16,22,24,31H,9-14,18-20H2,1H3/t24-,31+/m0/s1. The lowest BCUT2D eigenvalue weighted by Gasteiger charge is -2.35. The average molecular weight is 597 g/mol. The fourth-order valence-electron chi connectivity index (χ4n) is 6.42. The van der Waals surface area contributed by atoms with Crippen LogP contribution >= 0.6 is 0 Å². The highest BCUT2D eigenvalue weighted by Gasteiger charge is 2.31. The van der Waals surface area contributed by atoms with Gasteiger partial charge in [0.1, 0.15) is 18.2 Å². The van der Waals surface area contributed by atoms with Crippen molar-refractivity contribution in [2.45, 2.75) is 50.5 Å². The Hall–Kier alpha value is -4.46. The van der Waals surface area contributed by atoms with Crippen LogP contribution in [0.3, 0.4) is 0 Å². The van der Waals surface area contributed by atoms with Gasteiger partial charge in [-0.05, 0) is 74.7 Å². The minimum Gasteiger partial charge on any atom is -0.485 e. The van der Waals surface area contributed by atoms with Gasteiger partial charge in [-0.2, -0.15) is 5.26 Å². The summed E-state index contributed by atoms with van der Waals surface area (Å²) in [6.07, 6.45) is 2.41. The van der Waals surface area contributed by atoms with Crippen LogP contribution in [-0.2, 0) is 22.6 Å². The molecule has 9 nitrogen and oxygen atoms in total. The van der Waals surface area contributed by atoms with Crippen molar-refractivity contribution in [1.29, 1.82) is 5.26 Å². The van der Waals surface area contributed by atoms with Crippen molar-refractivity contribution in [2.24, 2.45) is 0 Å². The number of hydrogen-bond acceptors (Lipinski definition) is 8. The normalized spacial score (nSPS) is 20.2. The maximum atomic E-state index is 14.8. The summed E-state index contributed by atoms with van der Waals surface area (Å²) in [5.74, 6) is 1.73. The van der Waals surface area contributed by atoms with Gasteiger partial charge < -0.3 is 23.5 Å². The number of methoxy groups -OCH3 is 1. The van der Waals surface area contributed by atoms with Gasteiger partial charge in [-0.3, -0.25) is 4.90 Å². The highest BCUT2D eigenvalue weighted by atomic mass is 19.1. The fraction of sp³-hybridized carbons (Fsp3) is 0.382. The number of carbonyl (C=O) groups excluding carboxylic acids is 1. The van der Waals surface area contributed by atoms with E-state index >= 15 is 0 Å². The van der Waals surface area contributed by atoms with E-state index in [1.54, 1.807) is 18.2 Å². The summed E-state index contributed by atoms with van der Waals surface area (Å²) in [6, 6.07) is 17.9. The Morgan fingerprint density at radius 3 is 2.68 bits per heavy atom. The number of halogens is 1. The number of ether oxygens (including phenoxy) is 4. The zero-order chi connectivity index (χ0) is 30.2. The molecule has 0 spiro atoms. The van der Waals surface area contributed by atoms with Gasteiger partial charge in [0.05, 0.1) is 54.5 Å². The van der Waals surface area contributed by atoms with Gasteiger partial charge in [-0.25, -0.2) is 14.2 Å². The van der Waals surface area contributed by atoms with Crippen LogP contribution in [-0.4, -0.2) is 59.9 Å². The molecule has 44 heavy (non-hydrogen) atoms. The monoisotopic (exact) mass is 596 g/mol. The summed E-state index contributed by atoms with van der Waals surface area (Å²) in [5, 5.41) is 9.10. The molecule has 0 radical (unpaired) electrons. The van der Waals surface area contributed by atoms with Crippen LogP contribution in [0.5, 0.6) is 11.5 Å². The Labute approximate surface area is 254 Å². The average Bonchev–Trinajstić information content (AvgIpc) is 3.37. The number of carbonyl (C=O) groups is 1. The van der Waals surface area contributed by atoms with Crippen LogP contribution in [0.25, 0.3) is 11.0 Å². The minimum absolute atomic E-state index is 0.145. The molecule has 3 aliphatic rings. The van der Waals surface area contributed by atoms with Gasteiger partial charge in [0.25, 0.3) is 0 Å². The number of likely N-dealkylation sites (tertiary alicyclic amines) is 1. The van der Waals surface area contributed by atoms with Crippen molar-refractivity contribution in [3.8, 4) is 17.6 Å². The molecule has 7 rings (SSSR count). The first-order valence-electron chi connectivity index (χ1n) is 15.0. The number of para-hydroxylation sites is 1. The third-order valence-corrected chi connectivity index (χ3v) is 8.96. The maximum absolute atomic E-state index is 14.8. The molecular formula is C34H33FN4O5. The van der Waals surface area contributed by atoms with Gasteiger partial charge in [0.2, 0.25) is 0 Å². The van der Waals surface area contributed by atoms with Crippen molar-refractivity contribution >= 4 is 17.0 Å². The number of fused-ring (bicyclic) bond motifs is 2. The quantitative estimate of drug-likeness (QED) is 0.258. The molecule has 4 aromatic rings. The summed E-state index contributed by atoms with van der Waals surface area (Å²) in [5.41, 5.74) is 4.00. The number of esters is 1. The first-order valence-corrected chi connectivity index (χ1v) is 15.0. The molecule has 1 aromatic heterocycles. The second kappa shape index (κ2) is 11.9. The molecule has 0 bridgehead atoms. The number of rotatable bonds is 7. The summed E-state index contributed by atoms with van der Waals surface area (Å²) < 4.78 is 40.1. The smallest absolute Gasteiger partial charge is 0.337 e. The number of aromatic nitrogens is 2. The molecule has 4 heterocycles. The molecule has 2 fully saturated rings. The van der Waals surface area contributed by atoms with Crippen molar-refractivity contribution in [3.05, 3.63) is 88.5 Å². The molecule has 2 atom stereocenters. The van der Waals surface area contributed by atoms with Crippen LogP contribution in [0.15, 0.2) is 54.6 Å². The van der Waals surface area contributed by atoms with E-state index in [0.717, 1.165) is 61.4 Å². The van der Waals surface area contributed by atoms with E-state index in [9.17, 15) is 9.18 Å². The lowest BCUT2D eigenvalue weighted by molar-refractivity contribution is -0.0592. The highest BCUT2D eigenvalue weighted by molar-refractivity contribution is 5.93. The lowest BCUT2D eigenvalue weighted by atomic mass is 9.88. The highest BCUT2D eigenvalue weighted by Crippen LogP contribution is 2.45. The molecule has 0 amide bonds. The number of nitrogens with zero attached hydrogens (tertiary/aromatic N) is 4. The van der Waals surface area contributed by atoms with Gasteiger partial charge in [-0.1, -0.05) is 18.2 Å². The van der Waals surface area contributed by atoms with Crippen molar-refractivity contribution in [3.63, 3.8) is 0 Å². The summed E-state index contributed by atoms with van der Waals surface area (Å²) in [4.78, 5) is 19.6. The van der Waals surface area contributed by atoms with E-state index in [1.807, 2.05) is 30.3 Å². The van der Waals surface area contributed by atoms with Crippen LogP contribution in [0, 0.1) is 17.1 Å². The summed E-state index contributed by atoms with van der Waals surface area (Å²) in [6.45, 7) is 4.11. The Kier molecular flexibility index (Phi) is 7.66. The molecular weight excluding hydrogens is 563 g/mol. The number of nitriles is 1. The number of hydrogen-bond donors (Lipinski definition) is 0. The third-order valence-electron chi connectivity index (χ3n) is 8.96. The van der Waals surface area contributed by atoms with E-state index < -0.39 is 11.9 Å². The zero-order valence-electron chi connectivity index (χ0n) is 24.5. The lowest BCUT2D eigenvalue weighted by Crippen LogP contribution is -2.35. The molecule has 0 N–H and O–H groups in total. The maximum Gasteiger partial charge on any atom is 0.337 e. The van der Waals surface area contributed by atoms with E-state index in [0.29, 0.717) is 35.7 Å². The summed E-state index contributed by atoms with van der Waals surface area (Å²) >= 11 is 0. The molecule has 0 unspecified atom stereocenters. The molecule has 3 aliphatic heterocycles. The predicted molar refractivity (Wildman–Crippen MR) is 159 cm³/mol. The van der Waals surface area contributed by atoms with Crippen molar-refractivity contribution in [2.75, 3.05) is 33.4 Å². The summed E-state index contributed by atoms with van der Waals surface area (Å²) in [7, 11) is 1.39. The third kappa shape index (κ3) is 5.38. The van der Waals surface area contributed by atoms with E-state index in [-0.39, 0.29) is 30.2 Å². The zero-order valence-corrected chi connectivity index (χ0v) is 24.5. The van der Waals surface area contributed by atoms with Gasteiger partial charge in [0.15, 0.2) is 17.6 Å². The first-order chi connectivity index (χ1) is 21.5. The topological polar surface area (TPSA) is 98.8 Å². The molecule has 0 aliphatic carbocycles. The number of benzene rings is 3. The molecule has 226 valence electrons.